The number of hydrogen-bond acceptors (Lipinski definition) is 2. The molecule has 0 radical (unpaired) electrons. The average molecular weight is 316 g/mol. The monoisotopic (exact) mass is 316 g/mol. The third kappa shape index (κ3) is 4.30. The van der Waals surface area contributed by atoms with Crippen LogP contribution in [0.1, 0.15) is 29.8 Å². The van der Waals surface area contributed by atoms with E-state index in [1.54, 1.807) is 26.0 Å². The van der Waals surface area contributed by atoms with E-state index in [0.29, 0.717) is 6.07 Å². The minimum absolute atomic E-state index is 0.397. The fraction of sp³-hybridized carbons (Fsp3) is 0.167. The summed E-state index contributed by atoms with van der Waals surface area (Å²) in [4.78, 5) is 10.9. The molecule has 23 heavy (non-hydrogen) atoms. The van der Waals surface area contributed by atoms with Crippen LogP contribution >= 0.6 is 0 Å². The van der Waals surface area contributed by atoms with Crippen molar-refractivity contribution in [1.29, 1.82) is 0 Å². The highest BCUT2D eigenvalue weighted by Crippen LogP contribution is 2.26. The minimum atomic E-state index is -1.37. The lowest BCUT2D eigenvalue weighted by atomic mass is 10.1. The van der Waals surface area contributed by atoms with E-state index in [1.165, 1.54) is 0 Å². The second-order valence-electron chi connectivity index (χ2n) is 5.30. The summed E-state index contributed by atoms with van der Waals surface area (Å²) in [6.07, 6.45) is 0. The van der Waals surface area contributed by atoms with Gasteiger partial charge in [0.1, 0.15) is 0 Å². The fourth-order valence-electron chi connectivity index (χ4n) is 1.81. The zero-order valence-electron chi connectivity index (χ0n) is 12.6. The molecule has 0 spiro atoms. The van der Waals surface area contributed by atoms with E-state index in [-0.39, 0.29) is 0 Å². The minimum Gasteiger partial charge on any atom is -0.478 e. The number of carbonyl (C=O) groups is 1. The first-order valence-corrected chi connectivity index (χ1v) is 6.78. The Morgan fingerprint density at radius 1 is 1.17 bits per heavy atom. The Balaban J connectivity index is 2.30. The molecule has 2 aromatic rings. The van der Waals surface area contributed by atoms with Crippen LogP contribution in [0.5, 0.6) is 5.75 Å². The Morgan fingerprint density at radius 2 is 1.83 bits per heavy atom. The molecule has 0 unspecified atom stereocenters. The number of rotatable bonds is 3. The van der Waals surface area contributed by atoms with Crippen LogP contribution in [0.3, 0.4) is 0 Å². The van der Waals surface area contributed by atoms with Crippen LogP contribution in [0, 0.1) is 23.5 Å². The highest BCUT2D eigenvalue weighted by atomic mass is 19.2. The Morgan fingerprint density at radius 3 is 2.43 bits per heavy atom. The second-order valence-corrected chi connectivity index (χ2v) is 5.30. The quantitative estimate of drug-likeness (QED) is 0.874. The van der Waals surface area contributed by atoms with Crippen LogP contribution in [0.25, 0.3) is 0 Å². The van der Waals surface area contributed by atoms with Gasteiger partial charge in [0.05, 0.1) is 5.56 Å². The number of carboxylic acids is 1. The summed E-state index contributed by atoms with van der Waals surface area (Å²) in [5.74, 6) is 1.28. The van der Waals surface area contributed by atoms with Crippen LogP contribution < -0.4 is 4.74 Å². The summed E-state index contributed by atoms with van der Waals surface area (Å²) in [7, 11) is 0. The van der Waals surface area contributed by atoms with E-state index >= 15 is 0 Å². The van der Waals surface area contributed by atoms with E-state index in [2.05, 4.69) is 11.8 Å². The highest BCUT2D eigenvalue weighted by Gasteiger charge is 2.22. The topological polar surface area (TPSA) is 46.5 Å². The van der Waals surface area contributed by atoms with Crippen molar-refractivity contribution in [2.75, 3.05) is 0 Å². The van der Waals surface area contributed by atoms with Gasteiger partial charge >= 0.3 is 5.97 Å². The molecular formula is C18H14F2O3. The van der Waals surface area contributed by atoms with Gasteiger partial charge in [0.15, 0.2) is 17.2 Å². The number of benzene rings is 2. The lowest BCUT2D eigenvalue weighted by Gasteiger charge is -2.21. The Hall–Kier alpha value is -2.87. The molecule has 0 atom stereocenters. The Kier molecular flexibility index (Phi) is 4.65. The molecule has 5 heteroatoms. The summed E-state index contributed by atoms with van der Waals surface area (Å²) in [6.45, 7) is 3.15. The van der Waals surface area contributed by atoms with Crippen molar-refractivity contribution < 1.29 is 23.4 Å². The van der Waals surface area contributed by atoms with Crippen molar-refractivity contribution in [3.05, 3.63) is 65.2 Å². The second kappa shape index (κ2) is 6.49. The van der Waals surface area contributed by atoms with Crippen molar-refractivity contribution in [1.82, 2.24) is 0 Å². The van der Waals surface area contributed by atoms with E-state index in [9.17, 15) is 13.6 Å². The fourth-order valence-corrected chi connectivity index (χ4v) is 1.81. The summed E-state index contributed by atoms with van der Waals surface area (Å²) < 4.78 is 32.6. The van der Waals surface area contributed by atoms with Crippen LogP contribution in [-0.2, 0) is 0 Å². The Labute approximate surface area is 132 Å². The molecule has 0 aliphatic carbocycles. The van der Waals surface area contributed by atoms with Crippen LogP contribution in [0.4, 0.5) is 8.78 Å². The molecule has 0 bridgehead atoms. The number of carboxylic acid groups (broad SMARTS) is 1. The predicted molar refractivity (Wildman–Crippen MR) is 81.3 cm³/mol. The van der Waals surface area contributed by atoms with Crippen molar-refractivity contribution in [3.63, 3.8) is 0 Å². The number of ether oxygens (including phenoxy) is 1. The van der Waals surface area contributed by atoms with Gasteiger partial charge in [-0.3, -0.25) is 0 Å². The van der Waals surface area contributed by atoms with E-state index in [1.807, 2.05) is 18.2 Å². The van der Waals surface area contributed by atoms with Crippen LogP contribution in [0.15, 0.2) is 42.5 Å². The van der Waals surface area contributed by atoms with Crippen LogP contribution in [0.2, 0.25) is 0 Å². The standard InChI is InChI=1S/C18H14F2O3/c1-18(2,9-8-12-6-4-3-5-7-12)23-15-11-13(17(21)22)10-14(19)16(15)20/h3-7,10-11H,1-2H3,(H,21,22). The summed E-state index contributed by atoms with van der Waals surface area (Å²) in [5, 5.41) is 8.90. The third-order valence-electron chi connectivity index (χ3n) is 2.89. The van der Waals surface area contributed by atoms with Gasteiger partial charge in [-0.15, -0.1) is 0 Å². The molecule has 1 N–H and O–H groups in total. The normalized spacial score (nSPS) is 10.6. The smallest absolute Gasteiger partial charge is 0.335 e. The molecule has 2 aromatic carbocycles. The largest absolute Gasteiger partial charge is 0.478 e. The van der Waals surface area contributed by atoms with Gasteiger partial charge in [-0.25, -0.2) is 9.18 Å². The molecular weight excluding hydrogens is 302 g/mol. The molecule has 0 aliphatic heterocycles. The molecule has 0 amide bonds. The molecule has 0 aliphatic rings. The van der Waals surface area contributed by atoms with Gasteiger partial charge in [-0.1, -0.05) is 30.0 Å². The molecule has 2 rings (SSSR count). The molecule has 0 aromatic heterocycles. The molecule has 0 saturated heterocycles. The van der Waals surface area contributed by atoms with E-state index in [4.69, 9.17) is 9.84 Å². The lowest BCUT2D eigenvalue weighted by Crippen LogP contribution is -2.26. The first-order valence-electron chi connectivity index (χ1n) is 6.78. The van der Waals surface area contributed by atoms with E-state index in [0.717, 1.165) is 11.6 Å². The molecule has 118 valence electrons. The molecule has 0 heterocycles. The maximum absolute atomic E-state index is 13.8. The summed E-state index contributed by atoms with van der Waals surface area (Å²) >= 11 is 0. The zero-order valence-corrected chi connectivity index (χ0v) is 12.6. The first kappa shape index (κ1) is 16.5. The SMILES string of the molecule is CC(C)(C#Cc1ccccc1)Oc1cc(C(=O)O)cc(F)c1F. The number of hydrogen-bond donors (Lipinski definition) is 1. The van der Waals surface area contributed by atoms with Crippen LogP contribution in [-0.4, -0.2) is 16.7 Å². The molecule has 3 nitrogen and oxygen atoms in total. The summed E-state index contributed by atoms with van der Waals surface area (Å²) in [5.41, 5.74) is -0.791. The van der Waals surface area contributed by atoms with Gasteiger partial charge in [0, 0.05) is 5.56 Å². The lowest BCUT2D eigenvalue weighted by molar-refractivity contribution is 0.0694. The average Bonchev–Trinajstić information content (AvgIpc) is 2.50. The summed E-state index contributed by atoms with van der Waals surface area (Å²) in [6, 6.07) is 10.6. The van der Waals surface area contributed by atoms with Gasteiger partial charge < -0.3 is 9.84 Å². The van der Waals surface area contributed by atoms with Gasteiger partial charge in [0.25, 0.3) is 0 Å². The van der Waals surface area contributed by atoms with Crippen molar-refractivity contribution >= 4 is 5.97 Å². The number of halogens is 2. The van der Waals surface area contributed by atoms with Crippen molar-refractivity contribution in [2.24, 2.45) is 0 Å². The van der Waals surface area contributed by atoms with Crippen molar-refractivity contribution in [3.8, 4) is 17.6 Å². The maximum Gasteiger partial charge on any atom is 0.335 e. The first-order chi connectivity index (χ1) is 10.8. The predicted octanol–water partition coefficient (Wildman–Crippen LogP) is 3.87. The van der Waals surface area contributed by atoms with Gasteiger partial charge in [-0.05, 0) is 38.1 Å². The molecule has 0 saturated carbocycles. The Bertz CT molecular complexity index is 787. The zero-order chi connectivity index (χ0) is 17.0. The molecule has 0 fully saturated rings. The van der Waals surface area contributed by atoms with E-state index < -0.39 is 34.5 Å². The maximum atomic E-state index is 13.8. The van der Waals surface area contributed by atoms with Crippen molar-refractivity contribution in [2.45, 2.75) is 19.4 Å². The van der Waals surface area contributed by atoms with Gasteiger partial charge in [-0.2, -0.15) is 4.39 Å². The third-order valence-corrected chi connectivity index (χ3v) is 2.89. The highest BCUT2D eigenvalue weighted by molar-refractivity contribution is 5.88. The van der Waals surface area contributed by atoms with Gasteiger partial charge in [0.2, 0.25) is 5.82 Å². The number of aromatic carboxylic acids is 1.